The first-order chi connectivity index (χ1) is 18.9. The third-order valence-corrected chi connectivity index (χ3v) is 7.70. The number of hydrogen-bond acceptors (Lipinski definition) is 6. The molecule has 1 heterocycles. The second-order valence-corrected chi connectivity index (χ2v) is 11.2. The van der Waals surface area contributed by atoms with Gasteiger partial charge < -0.3 is 9.50 Å². The number of fused-ring (bicyclic) bond motifs is 1. The summed E-state index contributed by atoms with van der Waals surface area (Å²) in [6.45, 7) is 3.97. The molecule has 0 saturated carbocycles. The molecule has 11 heteroatoms. The van der Waals surface area contributed by atoms with Crippen molar-refractivity contribution < 1.29 is 35.4 Å². The molecule has 0 atom stereocenters. The average molecular weight is 575 g/mol. The molecule has 1 aliphatic heterocycles. The first kappa shape index (κ1) is 29.3. The van der Waals surface area contributed by atoms with E-state index in [0.717, 1.165) is 48.2 Å². The van der Waals surface area contributed by atoms with E-state index in [2.05, 4.69) is 14.4 Å². The number of carbonyl (C=O) groups excluding carboxylic acids is 2. The first-order valence-electron chi connectivity index (χ1n) is 12.8. The van der Waals surface area contributed by atoms with Crippen LogP contribution in [0.2, 0.25) is 0 Å². The van der Waals surface area contributed by atoms with Crippen molar-refractivity contribution in [3.05, 3.63) is 89.0 Å². The first-order valence-corrected chi connectivity index (χ1v) is 14.2. The number of nitrogens with zero attached hydrogens (tertiary/aromatic N) is 1. The zero-order chi connectivity index (χ0) is 28.9. The fraction of sp³-hybridized carbons (Fsp3) is 0.310. The molecule has 0 aromatic heterocycles. The predicted molar refractivity (Wildman–Crippen MR) is 144 cm³/mol. The molecular weight excluding hydrogens is 545 g/mol. The zero-order valence-corrected chi connectivity index (χ0v) is 22.6. The maximum atomic E-state index is 12.6. The summed E-state index contributed by atoms with van der Waals surface area (Å²) < 4.78 is 64.7. The minimum Gasteiger partial charge on any atom is -0.376 e. The maximum Gasteiger partial charge on any atom is 0.534 e. The van der Waals surface area contributed by atoms with Crippen LogP contribution in [0.3, 0.4) is 0 Å². The molecule has 0 spiro atoms. The highest BCUT2D eigenvalue weighted by atomic mass is 32.2. The van der Waals surface area contributed by atoms with E-state index in [1.807, 2.05) is 24.3 Å². The lowest BCUT2D eigenvalue weighted by Crippen LogP contribution is -2.32. The number of alkyl halides is 3. The van der Waals surface area contributed by atoms with Gasteiger partial charge in [-0.25, -0.2) is 0 Å². The summed E-state index contributed by atoms with van der Waals surface area (Å²) in [5.41, 5.74) is -0.735. The minimum atomic E-state index is -5.72. The number of rotatable bonds is 10. The summed E-state index contributed by atoms with van der Waals surface area (Å²) in [7, 11) is -5.72. The van der Waals surface area contributed by atoms with E-state index in [9.17, 15) is 31.2 Å². The van der Waals surface area contributed by atoms with Crippen LogP contribution in [0.4, 0.5) is 13.2 Å². The van der Waals surface area contributed by atoms with E-state index in [0.29, 0.717) is 30.6 Å². The van der Waals surface area contributed by atoms with Crippen LogP contribution in [-0.4, -0.2) is 50.2 Å². The van der Waals surface area contributed by atoms with Crippen molar-refractivity contribution in [3.8, 4) is 16.9 Å². The Bertz CT molecular complexity index is 1470. The van der Waals surface area contributed by atoms with Crippen LogP contribution in [0.1, 0.15) is 51.6 Å². The van der Waals surface area contributed by atoms with E-state index < -0.39 is 15.6 Å². The lowest BCUT2D eigenvalue weighted by Gasteiger charge is -2.29. The Balaban J connectivity index is 1.21. The van der Waals surface area contributed by atoms with Crippen LogP contribution >= 0.6 is 0 Å². The molecule has 0 unspecified atom stereocenters. The molecule has 3 aromatic rings. The van der Waals surface area contributed by atoms with Crippen LogP contribution in [0, 0.1) is 0 Å². The number of benzene rings is 3. The van der Waals surface area contributed by atoms with Crippen LogP contribution in [0.15, 0.2) is 66.7 Å². The number of carbonyl (C=O) groups is 2. The van der Waals surface area contributed by atoms with E-state index in [1.165, 1.54) is 19.1 Å². The highest BCUT2D eigenvalue weighted by Crippen LogP contribution is 2.30. The van der Waals surface area contributed by atoms with Gasteiger partial charge in [-0.2, -0.15) is 21.6 Å². The second kappa shape index (κ2) is 12.2. The number of halogens is 3. The third-order valence-electron chi connectivity index (χ3n) is 6.72. The second-order valence-electron chi connectivity index (χ2n) is 9.61. The largest absolute Gasteiger partial charge is 0.534 e. The van der Waals surface area contributed by atoms with Gasteiger partial charge in [-0.3, -0.25) is 14.5 Å². The zero-order valence-electron chi connectivity index (χ0n) is 21.8. The number of amides is 1. The maximum absolute atomic E-state index is 12.6. The van der Waals surface area contributed by atoms with Gasteiger partial charge >= 0.3 is 15.6 Å². The van der Waals surface area contributed by atoms with Gasteiger partial charge in [-0.15, -0.1) is 0 Å². The Labute approximate surface area is 231 Å². The van der Waals surface area contributed by atoms with Gasteiger partial charge in [0.05, 0.1) is 0 Å². The number of ketones is 1. The lowest BCUT2D eigenvalue weighted by atomic mass is 9.99. The lowest BCUT2D eigenvalue weighted by molar-refractivity contribution is -0.0500. The van der Waals surface area contributed by atoms with Gasteiger partial charge in [-0.05, 0) is 79.3 Å². The van der Waals surface area contributed by atoms with Gasteiger partial charge in [0.2, 0.25) is 0 Å². The van der Waals surface area contributed by atoms with Gasteiger partial charge in [0.15, 0.2) is 5.78 Å². The van der Waals surface area contributed by atoms with Crippen molar-refractivity contribution in [2.45, 2.75) is 38.2 Å². The molecule has 1 amide bonds. The smallest absolute Gasteiger partial charge is 0.376 e. The van der Waals surface area contributed by atoms with Crippen molar-refractivity contribution in [2.75, 3.05) is 19.6 Å². The van der Waals surface area contributed by atoms with Crippen LogP contribution in [-0.2, 0) is 23.1 Å². The van der Waals surface area contributed by atoms with Crippen LogP contribution in [0.25, 0.3) is 11.1 Å². The van der Waals surface area contributed by atoms with E-state index in [-0.39, 0.29) is 17.4 Å². The number of hydrogen-bond donors (Lipinski definition) is 1. The molecule has 0 bridgehead atoms. The normalized spacial score (nSPS) is 13.9. The third kappa shape index (κ3) is 7.28. The standard InChI is InChI=1S/C29H29F3N2O5S/c1-20(35)21-4-6-22(7-5-21)23-8-10-25(11-9-23)28(36)33-15-2-3-16-34-17-14-24-12-13-27(18-26(24)19-34)39-40(37,38)29(30,31)32/h4-13,18H,2-3,14-17,19H2,1H3,(H,33,36). The Morgan fingerprint density at radius 3 is 2.12 bits per heavy atom. The Morgan fingerprint density at radius 2 is 1.52 bits per heavy atom. The molecule has 0 saturated heterocycles. The number of unbranched alkanes of at least 4 members (excludes halogenated alkanes) is 1. The molecule has 0 aliphatic carbocycles. The van der Waals surface area contributed by atoms with Crippen LogP contribution < -0.4 is 9.50 Å². The molecule has 4 rings (SSSR count). The van der Waals surface area contributed by atoms with Crippen molar-refractivity contribution in [3.63, 3.8) is 0 Å². The molecule has 1 aliphatic rings. The molecule has 40 heavy (non-hydrogen) atoms. The molecule has 3 aromatic carbocycles. The van der Waals surface area contributed by atoms with Crippen LogP contribution in [0.5, 0.6) is 5.75 Å². The summed E-state index contributed by atoms with van der Waals surface area (Å²) >= 11 is 0. The van der Waals surface area contributed by atoms with Crippen molar-refractivity contribution in [1.82, 2.24) is 10.2 Å². The summed E-state index contributed by atoms with van der Waals surface area (Å²) in [5, 5.41) is 2.91. The summed E-state index contributed by atoms with van der Waals surface area (Å²) in [6, 6.07) is 18.7. The quantitative estimate of drug-likeness (QED) is 0.152. The Kier molecular flexibility index (Phi) is 8.95. The molecule has 212 valence electrons. The highest BCUT2D eigenvalue weighted by molar-refractivity contribution is 7.88. The molecule has 7 nitrogen and oxygen atoms in total. The van der Waals surface area contributed by atoms with Gasteiger partial charge in [-0.1, -0.05) is 42.5 Å². The van der Waals surface area contributed by atoms with E-state index in [1.54, 1.807) is 30.3 Å². The molecular formula is C29H29F3N2O5S. The van der Waals surface area contributed by atoms with Crippen molar-refractivity contribution >= 4 is 21.8 Å². The number of Topliss-reactive ketones (excluding diaryl/α,β-unsaturated/α-hetero) is 1. The fourth-order valence-corrected chi connectivity index (χ4v) is 4.94. The van der Waals surface area contributed by atoms with Gasteiger partial charge in [0, 0.05) is 30.8 Å². The predicted octanol–water partition coefficient (Wildman–Crippen LogP) is 5.35. The monoisotopic (exact) mass is 574 g/mol. The van der Waals surface area contributed by atoms with Crippen molar-refractivity contribution in [1.29, 1.82) is 0 Å². The topological polar surface area (TPSA) is 92.8 Å². The van der Waals surface area contributed by atoms with E-state index in [4.69, 9.17) is 0 Å². The van der Waals surface area contributed by atoms with E-state index >= 15 is 0 Å². The number of nitrogens with one attached hydrogen (secondary N) is 1. The Morgan fingerprint density at radius 1 is 0.900 bits per heavy atom. The summed E-state index contributed by atoms with van der Waals surface area (Å²) in [4.78, 5) is 26.1. The summed E-state index contributed by atoms with van der Waals surface area (Å²) in [6.07, 6.45) is 2.22. The molecule has 0 fully saturated rings. The average Bonchev–Trinajstić information content (AvgIpc) is 2.92. The Hall–Kier alpha value is -3.70. The SMILES string of the molecule is CC(=O)c1ccc(-c2ccc(C(=O)NCCCCN3CCc4ccc(OS(=O)(=O)C(F)(F)F)cc4C3)cc2)cc1. The summed E-state index contributed by atoms with van der Waals surface area (Å²) in [5.74, 6) is -0.530. The molecule has 1 N–H and O–H groups in total. The highest BCUT2D eigenvalue weighted by Gasteiger charge is 2.48. The minimum absolute atomic E-state index is 0.00589. The van der Waals surface area contributed by atoms with Crippen molar-refractivity contribution in [2.24, 2.45) is 0 Å². The fourth-order valence-electron chi connectivity index (χ4n) is 4.48. The molecule has 0 radical (unpaired) electrons. The van der Waals surface area contributed by atoms with Gasteiger partial charge in [0.1, 0.15) is 5.75 Å². The van der Waals surface area contributed by atoms with Gasteiger partial charge in [0.25, 0.3) is 5.91 Å².